The van der Waals surface area contributed by atoms with E-state index < -0.39 is 0 Å². The van der Waals surface area contributed by atoms with Gasteiger partial charge in [0.25, 0.3) is 0 Å². The topological polar surface area (TPSA) is 47.6 Å². The standard InChI is InChI=1S/C17H25NO3/c1-13-5-7-14(8-6-13)10-15(11-17(19)20-2)18-12-16-4-3-9-21-16/h5-8,15-16,18H,3-4,9-12H2,1-2H3. The maximum Gasteiger partial charge on any atom is 0.307 e. The van der Waals surface area contributed by atoms with E-state index in [9.17, 15) is 4.79 Å². The Hall–Kier alpha value is -1.39. The molecule has 0 spiro atoms. The summed E-state index contributed by atoms with van der Waals surface area (Å²) in [5, 5.41) is 3.46. The highest BCUT2D eigenvalue weighted by Crippen LogP contribution is 2.13. The molecule has 1 aromatic carbocycles. The lowest BCUT2D eigenvalue weighted by Crippen LogP contribution is -2.38. The Balaban J connectivity index is 1.90. The van der Waals surface area contributed by atoms with Gasteiger partial charge in [0.1, 0.15) is 0 Å². The van der Waals surface area contributed by atoms with E-state index in [1.54, 1.807) is 0 Å². The molecule has 2 unspecified atom stereocenters. The number of carbonyl (C=O) groups excluding carboxylic acids is 1. The monoisotopic (exact) mass is 291 g/mol. The van der Waals surface area contributed by atoms with Crippen molar-refractivity contribution < 1.29 is 14.3 Å². The quantitative estimate of drug-likeness (QED) is 0.783. The average molecular weight is 291 g/mol. The van der Waals surface area contributed by atoms with Crippen LogP contribution in [0.2, 0.25) is 0 Å². The van der Waals surface area contributed by atoms with Gasteiger partial charge in [0.15, 0.2) is 0 Å². The number of carbonyl (C=O) groups is 1. The van der Waals surface area contributed by atoms with E-state index in [1.807, 2.05) is 0 Å². The van der Waals surface area contributed by atoms with Gasteiger partial charge in [-0.25, -0.2) is 0 Å². The number of hydrogen-bond donors (Lipinski definition) is 1. The molecule has 0 bridgehead atoms. The smallest absolute Gasteiger partial charge is 0.307 e. The van der Waals surface area contributed by atoms with Crippen LogP contribution in [0.5, 0.6) is 0 Å². The number of aryl methyl sites for hydroxylation is 1. The van der Waals surface area contributed by atoms with Gasteiger partial charge in [-0.3, -0.25) is 4.79 Å². The van der Waals surface area contributed by atoms with Gasteiger partial charge in [-0.1, -0.05) is 29.8 Å². The minimum atomic E-state index is -0.174. The summed E-state index contributed by atoms with van der Waals surface area (Å²) in [6.45, 7) is 3.73. The highest BCUT2D eigenvalue weighted by molar-refractivity contribution is 5.70. The maximum atomic E-state index is 11.6. The molecule has 2 atom stereocenters. The molecule has 1 aromatic rings. The van der Waals surface area contributed by atoms with Gasteiger partial charge < -0.3 is 14.8 Å². The molecule has 1 saturated heterocycles. The van der Waals surface area contributed by atoms with Gasteiger partial charge in [-0.15, -0.1) is 0 Å². The molecule has 1 aliphatic rings. The minimum Gasteiger partial charge on any atom is -0.469 e. The van der Waals surface area contributed by atoms with Crippen molar-refractivity contribution in [3.05, 3.63) is 35.4 Å². The number of hydrogen-bond acceptors (Lipinski definition) is 4. The number of nitrogens with one attached hydrogen (secondary N) is 1. The van der Waals surface area contributed by atoms with Crippen LogP contribution in [-0.2, 0) is 20.7 Å². The lowest BCUT2D eigenvalue weighted by Gasteiger charge is -2.20. The zero-order valence-corrected chi connectivity index (χ0v) is 12.9. The summed E-state index contributed by atoms with van der Waals surface area (Å²) in [5.74, 6) is -0.174. The summed E-state index contributed by atoms with van der Waals surface area (Å²) >= 11 is 0. The molecule has 0 aromatic heterocycles. The molecule has 0 amide bonds. The molecule has 4 heteroatoms. The van der Waals surface area contributed by atoms with Gasteiger partial charge in [-0.2, -0.15) is 0 Å². The normalized spacial score (nSPS) is 19.4. The van der Waals surface area contributed by atoms with Gasteiger partial charge in [0, 0.05) is 19.2 Å². The van der Waals surface area contributed by atoms with Crippen molar-refractivity contribution in [3.8, 4) is 0 Å². The molecule has 1 fully saturated rings. The van der Waals surface area contributed by atoms with Crippen LogP contribution < -0.4 is 5.32 Å². The van der Waals surface area contributed by atoms with E-state index in [0.29, 0.717) is 6.42 Å². The summed E-state index contributed by atoms with van der Waals surface area (Å²) in [7, 11) is 1.44. The van der Waals surface area contributed by atoms with Crippen LogP contribution in [0.15, 0.2) is 24.3 Å². The van der Waals surface area contributed by atoms with E-state index in [0.717, 1.165) is 32.4 Å². The van der Waals surface area contributed by atoms with Crippen molar-refractivity contribution in [2.24, 2.45) is 0 Å². The fraction of sp³-hybridized carbons (Fsp3) is 0.588. The molecule has 116 valence electrons. The zero-order valence-electron chi connectivity index (χ0n) is 12.9. The fourth-order valence-corrected chi connectivity index (χ4v) is 2.61. The summed E-state index contributed by atoms with van der Waals surface area (Å²) in [6, 6.07) is 8.53. The van der Waals surface area contributed by atoms with E-state index in [-0.39, 0.29) is 18.1 Å². The van der Waals surface area contributed by atoms with Crippen molar-refractivity contribution in [3.63, 3.8) is 0 Å². The SMILES string of the molecule is COC(=O)CC(Cc1ccc(C)cc1)NCC1CCCO1. The predicted molar refractivity (Wildman–Crippen MR) is 82.3 cm³/mol. The van der Waals surface area contributed by atoms with Crippen LogP contribution in [0.4, 0.5) is 0 Å². The molecule has 1 N–H and O–H groups in total. The maximum absolute atomic E-state index is 11.6. The van der Waals surface area contributed by atoms with Crippen LogP contribution in [0.25, 0.3) is 0 Å². The third-order valence-electron chi connectivity index (χ3n) is 3.90. The Labute approximate surface area is 126 Å². The minimum absolute atomic E-state index is 0.0874. The zero-order chi connectivity index (χ0) is 15.1. The number of rotatable bonds is 7. The van der Waals surface area contributed by atoms with Crippen molar-refractivity contribution in [2.75, 3.05) is 20.3 Å². The number of benzene rings is 1. The average Bonchev–Trinajstić information content (AvgIpc) is 3.00. The van der Waals surface area contributed by atoms with Gasteiger partial charge in [0.2, 0.25) is 0 Å². The summed E-state index contributed by atoms with van der Waals surface area (Å²) < 4.78 is 10.4. The first-order valence-electron chi connectivity index (χ1n) is 7.64. The van der Waals surface area contributed by atoms with Crippen molar-refractivity contribution in [1.29, 1.82) is 0 Å². The van der Waals surface area contributed by atoms with Crippen LogP contribution in [-0.4, -0.2) is 38.4 Å². The Morgan fingerprint density at radius 1 is 1.43 bits per heavy atom. The van der Waals surface area contributed by atoms with E-state index in [1.165, 1.54) is 18.2 Å². The van der Waals surface area contributed by atoms with Crippen molar-refractivity contribution >= 4 is 5.97 Å². The Kier molecular flexibility index (Phi) is 6.21. The molecule has 0 saturated carbocycles. The fourth-order valence-electron chi connectivity index (χ4n) is 2.61. The highest BCUT2D eigenvalue weighted by atomic mass is 16.5. The highest BCUT2D eigenvalue weighted by Gasteiger charge is 2.19. The van der Waals surface area contributed by atoms with Gasteiger partial charge in [-0.05, 0) is 31.7 Å². The number of ether oxygens (including phenoxy) is 2. The molecular formula is C17H25NO3. The van der Waals surface area contributed by atoms with E-state index in [4.69, 9.17) is 9.47 Å². The molecule has 4 nitrogen and oxygen atoms in total. The van der Waals surface area contributed by atoms with Crippen LogP contribution in [0.1, 0.15) is 30.4 Å². The Morgan fingerprint density at radius 2 is 2.19 bits per heavy atom. The first-order chi connectivity index (χ1) is 10.2. The van der Waals surface area contributed by atoms with Gasteiger partial charge >= 0.3 is 5.97 Å². The second kappa shape index (κ2) is 8.15. The first-order valence-corrected chi connectivity index (χ1v) is 7.64. The molecule has 21 heavy (non-hydrogen) atoms. The van der Waals surface area contributed by atoms with E-state index in [2.05, 4.69) is 36.5 Å². The number of esters is 1. The molecular weight excluding hydrogens is 266 g/mol. The largest absolute Gasteiger partial charge is 0.469 e. The summed E-state index contributed by atoms with van der Waals surface area (Å²) in [5.41, 5.74) is 2.48. The van der Waals surface area contributed by atoms with Crippen LogP contribution in [0.3, 0.4) is 0 Å². The Bertz CT molecular complexity index is 438. The van der Waals surface area contributed by atoms with Crippen molar-refractivity contribution in [2.45, 2.75) is 44.8 Å². The predicted octanol–water partition coefficient (Wildman–Crippen LogP) is 2.24. The van der Waals surface area contributed by atoms with E-state index >= 15 is 0 Å². The first kappa shape index (κ1) is 16.0. The molecule has 2 rings (SSSR count). The summed E-state index contributed by atoms with van der Waals surface area (Å²) in [6.07, 6.45) is 3.72. The second-order valence-corrected chi connectivity index (χ2v) is 5.71. The second-order valence-electron chi connectivity index (χ2n) is 5.71. The van der Waals surface area contributed by atoms with Gasteiger partial charge in [0.05, 0.1) is 19.6 Å². The lowest BCUT2D eigenvalue weighted by molar-refractivity contribution is -0.141. The molecule has 1 aliphatic heterocycles. The Morgan fingerprint density at radius 3 is 2.81 bits per heavy atom. The third-order valence-corrected chi connectivity index (χ3v) is 3.90. The van der Waals surface area contributed by atoms with Crippen LogP contribution in [0, 0.1) is 6.92 Å². The van der Waals surface area contributed by atoms with Crippen LogP contribution >= 0.6 is 0 Å². The molecule has 0 aliphatic carbocycles. The lowest BCUT2D eigenvalue weighted by atomic mass is 10.0. The molecule has 0 radical (unpaired) electrons. The molecule has 1 heterocycles. The van der Waals surface area contributed by atoms with Crippen molar-refractivity contribution in [1.82, 2.24) is 5.32 Å². The number of methoxy groups -OCH3 is 1. The third kappa shape index (κ3) is 5.48. The summed E-state index contributed by atoms with van der Waals surface area (Å²) in [4.78, 5) is 11.6.